The number of aliphatic imine (C=N–C) groups is 1. The fourth-order valence-corrected chi connectivity index (χ4v) is 3.32. The molecule has 3 rings (SSSR count). The Kier molecular flexibility index (Phi) is 5.38. The number of nitrogen functional groups attached to an aromatic ring is 1. The van der Waals surface area contributed by atoms with Gasteiger partial charge in [0, 0.05) is 25.7 Å². The third-order valence-electron chi connectivity index (χ3n) is 5.03. The van der Waals surface area contributed by atoms with Crippen LogP contribution in [0.1, 0.15) is 24.1 Å². The van der Waals surface area contributed by atoms with Gasteiger partial charge >= 0.3 is 0 Å². The van der Waals surface area contributed by atoms with Crippen molar-refractivity contribution in [2.45, 2.75) is 25.0 Å². The maximum absolute atomic E-state index is 14.1. The van der Waals surface area contributed by atoms with E-state index >= 15 is 0 Å². The molecule has 0 atom stereocenters. The fraction of sp³-hybridized carbons (Fsp3) is 0.421. The molecule has 8 heteroatoms. The van der Waals surface area contributed by atoms with Crippen LogP contribution in [0.15, 0.2) is 40.4 Å². The predicted molar refractivity (Wildman–Crippen MR) is 103 cm³/mol. The summed E-state index contributed by atoms with van der Waals surface area (Å²) in [5.41, 5.74) is 5.06. The van der Waals surface area contributed by atoms with Gasteiger partial charge in [-0.05, 0) is 32.0 Å². The van der Waals surface area contributed by atoms with Gasteiger partial charge in [0.15, 0.2) is 0 Å². The van der Waals surface area contributed by atoms with E-state index in [1.165, 1.54) is 24.0 Å². The Balaban J connectivity index is 1.94. The largest absolute Gasteiger partial charge is 0.392 e. The van der Waals surface area contributed by atoms with Gasteiger partial charge in [-0.2, -0.15) is 0 Å². The molecule has 0 radical (unpaired) electrons. The maximum Gasteiger partial charge on any atom is 0.277 e. The number of aliphatic hydroxyl groups is 1. The second kappa shape index (κ2) is 7.58. The van der Waals surface area contributed by atoms with Crippen molar-refractivity contribution in [2.75, 3.05) is 32.9 Å². The summed E-state index contributed by atoms with van der Waals surface area (Å²) in [6.07, 6.45) is 2.47. The van der Waals surface area contributed by atoms with Crippen LogP contribution in [-0.2, 0) is 6.54 Å². The van der Waals surface area contributed by atoms with E-state index in [2.05, 4.69) is 14.9 Å². The molecule has 7 nitrogen and oxygen atoms in total. The van der Waals surface area contributed by atoms with Crippen LogP contribution in [-0.4, -0.2) is 58.1 Å². The number of likely N-dealkylation sites (tertiary alicyclic amines) is 1. The van der Waals surface area contributed by atoms with Gasteiger partial charge in [0.25, 0.3) is 5.56 Å². The summed E-state index contributed by atoms with van der Waals surface area (Å²) in [7, 11) is 3.49. The number of halogens is 1. The SMILES string of the molecule is CN=C(c1ccccc1F)c1ncn(CC2(O)CCN(C)CC2)c(=O)c1N. The molecular formula is C19H24FN5O2. The van der Waals surface area contributed by atoms with Gasteiger partial charge in [0.05, 0.1) is 24.2 Å². The van der Waals surface area contributed by atoms with E-state index in [-0.39, 0.29) is 29.2 Å². The van der Waals surface area contributed by atoms with Crippen LogP contribution in [0.4, 0.5) is 10.1 Å². The minimum absolute atomic E-state index is 0.113. The molecule has 0 amide bonds. The quantitative estimate of drug-likeness (QED) is 0.776. The third kappa shape index (κ3) is 3.91. The highest BCUT2D eigenvalue weighted by molar-refractivity contribution is 6.14. The van der Waals surface area contributed by atoms with Gasteiger partial charge in [-0.15, -0.1) is 0 Å². The molecule has 0 spiro atoms. The molecule has 0 saturated carbocycles. The molecule has 27 heavy (non-hydrogen) atoms. The highest BCUT2D eigenvalue weighted by Gasteiger charge is 2.32. The van der Waals surface area contributed by atoms with Gasteiger partial charge in [0.2, 0.25) is 0 Å². The summed E-state index contributed by atoms with van der Waals surface area (Å²) >= 11 is 0. The van der Waals surface area contributed by atoms with Gasteiger partial charge in [-0.3, -0.25) is 14.4 Å². The van der Waals surface area contributed by atoms with Crippen LogP contribution in [0, 0.1) is 5.82 Å². The van der Waals surface area contributed by atoms with Gasteiger partial charge in [-0.25, -0.2) is 9.37 Å². The van der Waals surface area contributed by atoms with Gasteiger partial charge in [-0.1, -0.05) is 12.1 Å². The van der Waals surface area contributed by atoms with Crippen LogP contribution in [0.5, 0.6) is 0 Å². The van der Waals surface area contributed by atoms with Crippen LogP contribution in [0.2, 0.25) is 0 Å². The number of piperidine rings is 1. The maximum atomic E-state index is 14.1. The minimum atomic E-state index is -0.973. The molecular weight excluding hydrogens is 349 g/mol. The molecule has 2 aromatic rings. The highest BCUT2D eigenvalue weighted by Crippen LogP contribution is 2.23. The zero-order valence-electron chi connectivity index (χ0n) is 15.5. The highest BCUT2D eigenvalue weighted by atomic mass is 19.1. The summed E-state index contributed by atoms with van der Waals surface area (Å²) in [5, 5.41) is 10.8. The smallest absolute Gasteiger partial charge is 0.277 e. The van der Waals surface area contributed by atoms with Crippen molar-refractivity contribution >= 4 is 11.4 Å². The number of hydrogen-bond donors (Lipinski definition) is 2. The lowest BCUT2D eigenvalue weighted by atomic mass is 9.91. The van der Waals surface area contributed by atoms with E-state index in [0.717, 1.165) is 13.1 Å². The Morgan fingerprint density at radius 1 is 1.37 bits per heavy atom. The Hall–Kier alpha value is -2.58. The monoisotopic (exact) mass is 373 g/mol. The summed E-state index contributed by atoms with van der Waals surface area (Å²) in [5.74, 6) is -0.468. The van der Waals surface area contributed by atoms with Crippen LogP contribution >= 0.6 is 0 Å². The van der Waals surface area contributed by atoms with Crippen LogP contribution < -0.4 is 11.3 Å². The first-order chi connectivity index (χ1) is 12.8. The lowest BCUT2D eigenvalue weighted by Gasteiger charge is -2.36. The molecule has 144 valence electrons. The molecule has 1 aliphatic rings. The second-order valence-electron chi connectivity index (χ2n) is 7.02. The van der Waals surface area contributed by atoms with E-state index in [1.54, 1.807) is 18.2 Å². The van der Waals surface area contributed by atoms with Crippen molar-refractivity contribution in [1.82, 2.24) is 14.5 Å². The van der Waals surface area contributed by atoms with Crippen molar-refractivity contribution in [2.24, 2.45) is 4.99 Å². The van der Waals surface area contributed by atoms with Gasteiger partial charge < -0.3 is 15.7 Å². The molecule has 1 aromatic carbocycles. The fourth-order valence-electron chi connectivity index (χ4n) is 3.32. The molecule has 0 bridgehead atoms. The number of hydrogen-bond acceptors (Lipinski definition) is 6. The minimum Gasteiger partial charge on any atom is -0.392 e. The van der Waals surface area contributed by atoms with E-state index in [0.29, 0.717) is 12.8 Å². The Bertz CT molecular complexity index is 917. The molecule has 1 saturated heterocycles. The molecule has 1 aromatic heterocycles. The Labute approximate surface area is 157 Å². The molecule has 2 heterocycles. The van der Waals surface area contributed by atoms with Crippen molar-refractivity contribution in [1.29, 1.82) is 0 Å². The number of anilines is 1. The number of benzene rings is 1. The first-order valence-corrected chi connectivity index (χ1v) is 8.82. The zero-order valence-corrected chi connectivity index (χ0v) is 15.5. The average Bonchev–Trinajstić information content (AvgIpc) is 2.65. The summed E-state index contributed by atoms with van der Waals surface area (Å²) in [4.78, 5) is 23.2. The van der Waals surface area contributed by atoms with E-state index < -0.39 is 17.0 Å². The van der Waals surface area contributed by atoms with E-state index in [9.17, 15) is 14.3 Å². The lowest BCUT2D eigenvalue weighted by molar-refractivity contribution is -0.0299. The van der Waals surface area contributed by atoms with Crippen LogP contribution in [0.25, 0.3) is 0 Å². The Morgan fingerprint density at radius 2 is 2.04 bits per heavy atom. The zero-order chi connectivity index (χ0) is 19.6. The third-order valence-corrected chi connectivity index (χ3v) is 5.03. The second-order valence-corrected chi connectivity index (χ2v) is 7.02. The summed E-state index contributed by atoms with van der Waals surface area (Å²) in [6, 6.07) is 6.12. The van der Waals surface area contributed by atoms with Gasteiger partial charge in [0.1, 0.15) is 17.2 Å². The summed E-state index contributed by atoms with van der Waals surface area (Å²) < 4.78 is 15.5. The standard InChI is InChI=1S/C19H24FN5O2/c1-22-16(13-5-3-4-6-14(13)20)17-15(21)18(26)25(12-23-17)11-19(27)7-9-24(2)10-8-19/h3-6,12,27H,7-11,21H2,1-2H3. The molecule has 1 fully saturated rings. The average molecular weight is 373 g/mol. The van der Waals surface area contributed by atoms with Crippen molar-refractivity contribution in [3.8, 4) is 0 Å². The first-order valence-electron chi connectivity index (χ1n) is 8.82. The van der Waals surface area contributed by atoms with E-state index in [4.69, 9.17) is 5.73 Å². The topological polar surface area (TPSA) is 96.7 Å². The van der Waals surface area contributed by atoms with Crippen molar-refractivity contribution < 1.29 is 9.50 Å². The predicted octanol–water partition coefficient (Wildman–Crippen LogP) is 0.889. The number of nitrogens with zero attached hydrogens (tertiary/aromatic N) is 4. The van der Waals surface area contributed by atoms with Crippen molar-refractivity contribution in [3.05, 3.63) is 58.0 Å². The first kappa shape index (κ1) is 19.2. The lowest BCUT2D eigenvalue weighted by Crippen LogP contribution is -2.47. The molecule has 3 N–H and O–H groups in total. The normalized spacial score (nSPS) is 17.9. The number of rotatable bonds is 4. The van der Waals surface area contributed by atoms with Crippen LogP contribution in [0.3, 0.4) is 0 Å². The summed E-state index contributed by atoms with van der Waals surface area (Å²) in [6.45, 7) is 1.63. The molecule has 0 unspecified atom stereocenters. The van der Waals surface area contributed by atoms with Crippen molar-refractivity contribution in [3.63, 3.8) is 0 Å². The molecule has 0 aliphatic carbocycles. The number of nitrogens with two attached hydrogens (primary N) is 1. The number of aromatic nitrogens is 2. The molecule has 1 aliphatic heterocycles. The van der Waals surface area contributed by atoms with E-state index in [1.807, 2.05) is 7.05 Å². The Morgan fingerprint density at radius 3 is 2.67 bits per heavy atom.